The lowest BCUT2D eigenvalue weighted by Gasteiger charge is -2.26. The smallest absolute Gasteiger partial charge is 0.118 e. The highest BCUT2D eigenvalue weighted by atomic mass is 16.3. The molecule has 4 heteroatoms. The Kier molecular flexibility index (Phi) is 7.52. The lowest BCUT2D eigenvalue weighted by atomic mass is 9.77. The van der Waals surface area contributed by atoms with Crippen molar-refractivity contribution in [3.8, 4) is 23.0 Å². The van der Waals surface area contributed by atoms with Gasteiger partial charge >= 0.3 is 0 Å². The van der Waals surface area contributed by atoms with Crippen molar-refractivity contribution in [2.24, 2.45) is 0 Å². The molecule has 0 bridgehead atoms. The van der Waals surface area contributed by atoms with E-state index in [1.807, 2.05) is 76.2 Å². The monoisotopic (exact) mass is 580 g/mol. The molecule has 6 rings (SSSR count). The van der Waals surface area contributed by atoms with E-state index in [1.165, 1.54) is 0 Å². The van der Waals surface area contributed by atoms with Gasteiger partial charge in [0, 0.05) is 11.8 Å². The number of aryl methyl sites for hydroxylation is 4. The van der Waals surface area contributed by atoms with Crippen LogP contribution < -0.4 is 0 Å². The quantitative estimate of drug-likeness (QED) is 0.148. The van der Waals surface area contributed by atoms with Gasteiger partial charge in [-0.05, 0) is 118 Å². The molecular weight excluding hydrogens is 544 g/mol. The summed E-state index contributed by atoms with van der Waals surface area (Å²) in [4.78, 5) is 0. The fraction of sp³-hybridized carbons (Fsp3) is 0.150. The van der Waals surface area contributed by atoms with Crippen molar-refractivity contribution < 1.29 is 20.4 Å². The van der Waals surface area contributed by atoms with Crippen molar-refractivity contribution in [2.75, 3.05) is 0 Å². The largest absolute Gasteiger partial charge is 0.508 e. The van der Waals surface area contributed by atoms with Crippen LogP contribution in [-0.4, -0.2) is 20.4 Å². The molecule has 220 valence electrons. The fourth-order valence-corrected chi connectivity index (χ4v) is 6.39. The Bertz CT molecular complexity index is 1780. The molecule has 0 aliphatic rings. The molecule has 6 aromatic rings. The molecule has 4 nitrogen and oxygen atoms in total. The van der Waals surface area contributed by atoms with Crippen molar-refractivity contribution in [2.45, 2.75) is 39.5 Å². The number of fused-ring (bicyclic) bond motifs is 1. The van der Waals surface area contributed by atoms with Gasteiger partial charge in [0.15, 0.2) is 0 Å². The molecule has 0 amide bonds. The third-order valence-electron chi connectivity index (χ3n) is 8.83. The van der Waals surface area contributed by atoms with Crippen LogP contribution in [0.15, 0.2) is 109 Å². The maximum absolute atomic E-state index is 10.3. The third kappa shape index (κ3) is 5.24. The minimum atomic E-state index is -0.155. The number of rotatable bonds is 6. The van der Waals surface area contributed by atoms with Crippen LogP contribution in [-0.2, 0) is 0 Å². The van der Waals surface area contributed by atoms with E-state index in [1.54, 1.807) is 24.3 Å². The average molecular weight is 581 g/mol. The molecule has 0 aliphatic carbocycles. The van der Waals surface area contributed by atoms with E-state index >= 15 is 0 Å². The first-order chi connectivity index (χ1) is 21.1. The summed E-state index contributed by atoms with van der Waals surface area (Å²) in [5.74, 6) is 0.712. The molecular formula is C40H36O4. The van der Waals surface area contributed by atoms with Crippen molar-refractivity contribution in [1.82, 2.24) is 0 Å². The van der Waals surface area contributed by atoms with Gasteiger partial charge in [-0.2, -0.15) is 0 Å². The van der Waals surface area contributed by atoms with Gasteiger partial charge in [-0.25, -0.2) is 0 Å². The van der Waals surface area contributed by atoms with E-state index in [0.29, 0.717) is 0 Å². The molecule has 44 heavy (non-hydrogen) atoms. The molecule has 0 spiro atoms. The molecule has 4 N–H and O–H groups in total. The lowest BCUT2D eigenvalue weighted by molar-refractivity contribution is 0.470. The summed E-state index contributed by atoms with van der Waals surface area (Å²) in [7, 11) is 0. The molecule has 6 aromatic carbocycles. The summed E-state index contributed by atoms with van der Waals surface area (Å²) < 4.78 is 0. The molecule has 0 fully saturated rings. The second-order valence-electron chi connectivity index (χ2n) is 11.8. The van der Waals surface area contributed by atoms with E-state index in [-0.39, 0.29) is 34.8 Å². The predicted molar refractivity (Wildman–Crippen MR) is 177 cm³/mol. The summed E-state index contributed by atoms with van der Waals surface area (Å²) in [5, 5.41) is 43.6. The molecule has 0 unspecified atom stereocenters. The minimum absolute atomic E-state index is 0.155. The van der Waals surface area contributed by atoms with E-state index in [9.17, 15) is 20.4 Å². The predicted octanol–water partition coefficient (Wildman–Crippen LogP) is 9.26. The maximum Gasteiger partial charge on any atom is 0.118 e. The van der Waals surface area contributed by atoms with Crippen LogP contribution in [0, 0.1) is 27.7 Å². The standard InChI is InChI=1S/C40H36O4/c1-23-19-27(9-15-35(23)41)39(28-10-16-36(42)24(2)20-28)33-13-14-34(32-8-6-5-7-31(32)33)40(29-11-17-37(43)25(3)21-29)30-12-18-38(44)26(4)22-30/h5-22,39-44H,1-4H3. The number of hydrogen-bond acceptors (Lipinski definition) is 4. The zero-order valence-corrected chi connectivity index (χ0v) is 25.3. The van der Waals surface area contributed by atoms with Crippen LogP contribution in [0.25, 0.3) is 10.8 Å². The molecule has 0 heterocycles. The molecule has 0 aromatic heterocycles. The third-order valence-corrected chi connectivity index (χ3v) is 8.83. The first-order valence-electron chi connectivity index (χ1n) is 14.8. The first kappa shape index (κ1) is 28.9. The van der Waals surface area contributed by atoms with Gasteiger partial charge in [0.2, 0.25) is 0 Å². The van der Waals surface area contributed by atoms with Crippen molar-refractivity contribution in [1.29, 1.82) is 0 Å². The molecule has 0 aliphatic heterocycles. The highest BCUT2D eigenvalue weighted by Crippen LogP contribution is 2.43. The summed E-state index contributed by atoms with van der Waals surface area (Å²) in [5.41, 5.74) is 9.61. The van der Waals surface area contributed by atoms with E-state index in [4.69, 9.17) is 0 Å². The van der Waals surface area contributed by atoms with E-state index in [0.717, 1.165) is 66.4 Å². The fourth-order valence-electron chi connectivity index (χ4n) is 6.39. The van der Waals surface area contributed by atoms with Crippen LogP contribution in [0.1, 0.15) is 67.5 Å². The first-order valence-corrected chi connectivity index (χ1v) is 14.8. The number of hydrogen-bond donors (Lipinski definition) is 4. The number of aromatic hydroxyl groups is 4. The highest BCUT2D eigenvalue weighted by Gasteiger charge is 2.25. The molecule has 0 saturated heterocycles. The number of phenols is 4. The van der Waals surface area contributed by atoms with Gasteiger partial charge in [0.1, 0.15) is 23.0 Å². The van der Waals surface area contributed by atoms with Crippen LogP contribution in [0.4, 0.5) is 0 Å². The Balaban J connectivity index is 1.62. The van der Waals surface area contributed by atoms with Gasteiger partial charge < -0.3 is 20.4 Å². The SMILES string of the molecule is Cc1cc(C(c2ccc(O)c(C)c2)c2ccc(C(c3ccc(O)c(C)c3)c3ccc(O)c(C)c3)c3ccccc23)ccc1O. The Labute approximate surface area is 258 Å². The van der Waals surface area contributed by atoms with Crippen LogP contribution >= 0.6 is 0 Å². The van der Waals surface area contributed by atoms with E-state index < -0.39 is 0 Å². The lowest BCUT2D eigenvalue weighted by Crippen LogP contribution is -2.09. The van der Waals surface area contributed by atoms with Gasteiger partial charge in [0.25, 0.3) is 0 Å². The Morgan fingerprint density at radius 2 is 0.636 bits per heavy atom. The average Bonchev–Trinajstić information content (AvgIpc) is 3.01. The minimum Gasteiger partial charge on any atom is -0.508 e. The van der Waals surface area contributed by atoms with Gasteiger partial charge in [-0.3, -0.25) is 0 Å². The zero-order valence-electron chi connectivity index (χ0n) is 25.3. The molecule has 0 saturated carbocycles. The Morgan fingerprint density at radius 1 is 0.364 bits per heavy atom. The van der Waals surface area contributed by atoms with Crippen molar-refractivity contribution in [3.63, 3.8) is 0 Å². The topological polar surface area (TPSA) is 80.9 Å². The van der Waals surface area contributed by atoms with Crippen molar-refractivity contribution >= 4 is 10.8 Å². The van der Waals surface area contributed by atoms with Crippen LogP contribution in [0.2, 0.25) is 0 Å². The second-order valence-corrected chi connectivity index (χ2v) is 11.8. The summed E-state index contributed by atoms with van der Waals surface area (Å²) in [6.45, 7) is 7.62. The summed E-state index contributed by atoms with van der Waals surface area (Å²) in [6, 6.07) is 35.8. The zero-order chi connectivity index (χ0) is 31.1. The number of phenolic OH excluding ortho intramolecular Hbond substituents is 4. The second kappa shape index (κ2) is 11.5. The Hall–Kier alpha value is -5.22. The number of benzene rings is 6. The van der Waals surface area contributed by atoms with Crippen molar-refractivity contribution in [3.05, 3.63) is 165 Å². The summed E-state index contributed by atoms with van der Waals surface area (Å²) in [6.07, 6.45) is 0. The van der Waals surface area contributed by atoms with Gasteiger partial charge in [-0.15, -0.1) is 0 Å². The summed E-state index contributed by atoms with van der Waals surface area (Å²) >= 11 is 0. The highest BCUT2D eigenvalue weighted by molar-refractivity contribution is 5.91. The molecule has 0 radical (unpaired) electrons. The maximum atomic E-state index is 10.3. The van der Waals surface area contributed by atoms with Gasteiger partial charge in [-0.1, -0.05) is 84.9 Å². The normalized spacial score (nSPS) is 11.5. The molecule has 0 atom stereocenters. The van der Waals surface area contributed by atoms with E-state index in [2.05, 4.69) is 36.4 Å². The Morgan fingerprint density at radius 3 is 0.886 bits per heavy atom. The van der Waals surface area contributed by atoms with Crippen LogP contribution in [0.3, 0.4) is 0 Å². The van der Waals surface area contributed by atoms with Gasteiger partial charge in [0.05, 0.1) is 0 Å². The van der Waals surface area contributed by atoms with Crippen LogP contribution in [0.5, 0.6) is 23.0 Å².